The quantitative estimate of drug-likeness (QED) is 0.842. The Kier molecular flexibility index (Phi) is 5.52. The van der Waals surface area contributed by atoms with Gasteiger partial charge in [-0.1, -0.05) is 24.3 Å². The van der Waals surface area contributed by atoms with Crippen LogP contribution in [-0.4, -0.2) is 72.5 Å². The zero-order valence-electron chi connectivity index (χ0n) is 16.1. The van der Waals surface area contributed by atoms with Crippen LogP contribution in [0.5, 0.6) is 0 Å². The van der Waals surface area contributed by atoms with Gasteiger partial charge in [0.05, 0.1) is 19.0 Å². The van der Waals surface area contributed by atoms with Crippen molar-refractivity contribution in [3.05, 3.63) is 35.4 Å². The summed E-state index contributed by atoms with van der Waals surface area (Å²) < 4.78 is 32.8. The largest absolute Gasteiger partial charge is 0.465 e. The number of carboxylic acid groups (broad SMARTS) is 1. The molecule has 1 N–H and O–H groups in total. The number of rotatable bonds is 4. The van der Waals surface area contributed by atoms with Gasteiger partial charge >= 0.3 is 6.09 Å². The maximum absolute atomic E-state index is 13.0. The monoisotopic (exact) mass is 396 g/mol. The van der Waals surface area contributed by atoms with Crippen molar-refractivity contribution in [3.63, 3.8) is 0 Å². The summed E-state index contributed by atoms with van der Waals surface area (Å²) in [4.78, 5) is 13.5. The van der Waals surface area contributed by atoms with Crippen LogP contribution in [0.4, 0.5) is 4.79 Å². The Morgan fingerprint density at radius 1 is 1.26 bits per heavy atom. The second kappa shape index (κ2) is 7.41. The van der Waals surface area contributed by atoms with E-state index in [1.54, 1.807) is 0 Å². The van der Waals surface area contributed by atoms with Crippen LogP contribution >= 0.6 is 0 Å². The van der Waals surface area contributed by atoms with Crippen molar-refractivity contribution in [1.29, 1.82) is 0 Å². The first-order chi connectivity index (χ1) is 12.6. The Morgan fingerprint density at radius 3 is 2.48 bits per heavy atom. The molecule has 0 bridgehead atoms. The molecule has 3 rings (SSSR count). The third kappa shape index (κ3) is 4.12. The third-order valence-corrected chi connectivity index (χ3v) is 7.29. The van der Waals surface area contributed by atoms with Crippen molar-refractivity contribution in [1.82, 2.24) is 9.21 Å². The molecule has 1 aromatic carbocycles. The van der Waals surface area contributed by atoms with E-state index in [1.807, 2.05) is 45.0 Å². The summed E-state index contributed by atoms with van der Waals surface area (Å²) >= 11 is 0. The van der Waals surface area contributed by atoms with Gasteiger partial charge in [-0.15, -0.1) is 0 Å². The molecule has 0 saturated carbocycles. The highest BCUT2D eigenvalue weighted by molar-refractivity contribution is 7.89. The highest BCUT2D eigenvalue weighted by Crippen LogP contribution is 2.40. The van der Waals surface area contributed by atoms with Crippen molar-refractivity contribution in [3.8, 4) is 0 Å². The van der Waals surface area contributed by atoms with Gasteiger partial charge in [-0.25, -0.2) is 13.2 Å². The maximum Gasteiger partial charge on any atom is 0.408 e. The predicted molar refractivity (Wildman–Crippen MR) is 102 cm³/mol. The van der Waals surface area contributed by atoms with Gasteiger partial charge in [0.25, 0.3) is 0 Å². The molecule has 8 heteroatoms. The average molecular weight is 397 g/mol. The Labute approximate surface area is 161 Å². The molecule has 1 aliphatic carbocycles. The number of carbonyl (C=O) groups is 1. The van der Waals surface area contributed by atoms with E-state index in [4.69, 9.17) is 4.74 Å². The van der Waals surface area contributed by atoms with Crippen molar-refractivity contribution in [2.24, 2.45) is 0 Å². The molecule has 0 unspecified atom stereocenters. The van der Waals surface area contributed by atoms with E-state index in [1.165, 1.54) is 9.21 Å². The van der Waals surface area contributed by atoms with Crippen LogP contribution in [-0.2, 0) is 21.2 Å². The van der Waals surface area contributed by atoms with Gasteiger partial charge in [0.1, 0.15) is 0 Å². The van der Waals surface area contributed by atoms with E-state index < -0.39 is 27.7 Å². The molecular weight excluding hydrogens is 368 g/mol. The number of amides is 1. The minimum atomic E-state index is -3.51. The predicted octanol–water partition coefficient (Wildman–Crippen LogP) is 2.14. The molecule has 1 amide bonds. The number of ether oxygens (including phenoxy) is 1. The summed E-state index contributed by atoms with van der Waals surface area (Å²) in [5, 5.41) is 9.86. The van der Waals surface area contributed by atoms with Gasteiger partial charge in [-0.3, -0.25) is 4.90 Å². The Balaban J connectivity index is 1.96. The number of fused-ring (bicyclic) bond motifs is 1. The summed E-state index contributed by atoms with van der Waals surface area (Å²) in [6, 6.07) is 7.29. The fourth-order valence-corrected chi connectivity index (χ4v) is 5.98. The lowest BCUT2D eigenvalue weighted by Crippen LogP contribution is -2.54. The molecule has 2 atom stereocenters. The van der Waals surface area contributed by atoms with Crippen LogP contribution in [0.2, 0.25) is 0 Å². The van der Waals surface area contributed by atoms with Gasteiger partial charge in [0, 0.05) is 30.6 Å². The van der Waals surface area contributed by atoms with Gasteiger partial charge in [-0.2, -0.15) is 4.31 Å². The highest BCUT2D eigenvalue weighted by Gasteiger charge is 2.45. The van der Waals surface area contributed by atoms with E-state index in [9.17, 15) is 18.3 Å². The molecule has 1 heterocycles. The first-order valence-corrected chi connectivity index (χ1v) is 10.9. The molecular formula is C19H28N2O5S. The molecule has 150 valence electrons. The summed E-state index contributed by atoms with van der Waals surface area (Å²) in [5.41, 5.74) is 1.34. The SMILES string of the molecule is CC(C)(C)N(C(=O)O)[C@@H]1Cc2ccccc2[C@@H]1CS(=O)(=O)N1CCOCC1. The average Bonchev–Trinajstić information content (AvgIpc) is 2.92. The van der Waals surface area contributed by atoms with E-state index in [2.05, 4.69) is 0 Å². The Hall–Kier alpha value is -1.64. The fraction of sp³-hybridized carbons (Fsp3) is 0.632. The topological polar surface area (TPSA) is 87.2 Å². The molecule has 2 aliphatic rings. The Bertz CT molecular complexity index is 797. The number of nitrogens with zero attached hydrogens (tertiary/aromatic N) is 2. The molecule has 27 heavy (non-hydrogen) atoms. The number of morpholine rings is 1. The summed E-state index contributed by atoms with van der Waals surface area (Å²) in [6.07, 6.45) is -0.489. The van der Waals surface area contributed by atoms with Crippen LogP contribution in [0.1, 0.15) is 37.8 Å². The smallest absolute Gasteiger partial charge is 0.408 e. The minimum absolute atomic E-state index is 0.0888. The zero-order chi connectivity index (χ0) is 19.8. The summed E-state index contributed by atoms with van der Waals surface area (Å²) in [6.45, 7) is 7.03. The maximum atomic E-state index is 13.0. The molecule has 0 aromatic heterocycles. The second-order valence-corrected chi connectivity index (χ2v) is 10.2. The molecule has 7 nitrogen and oxygen atoms in total. The fourth-order valence-electron chi connectivity index (χ4n) is 4.21. The molecule has 0 radical (unpaired) electrons. The normalized spacial score (nSPS) is 23.8. The van der Waals surface area contributed by atoms with E-state index in [0.29, 0.717) is 32.7 Å². The van der Waals surface area contributed by atoms with Gasteiger partial charge < -0.3 is 9.84 Å². The lowest BCUT2D eigenvalue weighted by Gasteiger charge is -2.41. The van der Waals surface area contributed by atoms with Crippen molar-refractivity contribution in [2.45, 2.75) is 44.7 Å². The van der Waals surface area contributed by atoms with Crippen molar-refractivity contribution in [2.75, 3.05) is 32.1 Å². The van der Waals surface area contributed by atoms with E-state index in [0.717, 1.165) is 11.1 Å². The number of hydrogen-bond donors (Lipinski definition) is 1. The van der Waals surface area contributed by atoms with Gasteiger partial charge in [-0.05, 0) is 38.3 Å². The molecule has 1 saturated heterocycles. The Morgan fingerprint density at radius 2 is 1.89 bits per heavy atom. The van der Waals surface area contributed by atoms with Crippen LogP contribution in [0.25, 0.3) is 0 Å². The van der Waals surface area contributed by atoms with Crippen LogP contribution in [0, 0.1) is 0 Å². The van der Waals surface area contributed by atoms with Crippen LogP contribution in [0.3, 0.4) is 0 Å². The van der Waals surface area contributed by atoms with Crippen LogP contribution in [0.15, 0.2) is 24.3 Å². The van der Waals surface area contributed by atoms with Gasteiger partial charge in [0.15, 0.2) is 0 Å². The van der Waals surface area contributed by atoms with Crippen molar-refractivity contribution < 1.29 is 23.1 Å². The van der Waals surface area contributed by atoms with Gasteiger partial charge in [0.2, 0.25) is 10.0 Å². The molecule has 0 spiro atoms. The number of benzene rings is 1. The number of hydrogen-bond acceptors (Lipinski definition) is 4. The first kappa shape index (κ1) is 20.1. The third-order valence-electron chi connectivity index (χ3n) is 5.36. The minimum Gasteiger partial charge on any atom is -0.465 e. The first-order valence-electron chi connectivity index (χ1n) is 9.27. The van der Waals surface area contributed by atoms with Crippen LogP contribution < -0.4 is 0 Å². The van der Waals surface area contributed by atoms with Crippen molar-refractivity contribution >= 4 is 16.1 Å². The molecule has 1 aliphatic heterocycles. The summed E-state index contributed by atoms with van der Waals surface area (Å²) in [7, 11) is -3.51. The summed E-state index contributed by atoms with van der Waals surface area (Å²) in [5.74, 6) is -0.474. The standard InChI is InChI=1S/C19H28N2O5S/c1-19(2,3)21(18(22)23)17-12-14-6-4-5-7-15(14)16(17)13-27(24,25)20-8-10-26-11-9-20/h4-7,16-17H,8-13H2,1-3H3,(H,22,23)/t16-,17+/m0/s1. The molecule has 1 aromatic rings. The lowest BCUT2D eigenvalue weighted by molar-refractivity contribution is 0.0650. The second-order valence-electron chi connectivity index (χ2n) is 8.19. The lowest BCUT2D eigenvalue weighted by atomic mass is 9.95. The zero-order valence-corrected chi connectivity index (χ0v) is 16.9. The van der Waals surface area contributed by atoms with E-state index >= 15 is 0 Å². The highest BCUT2D eigenvalue weighted by atomic mass is 32.2. The van der Waals surface area contributed by atoms with E-state index in [-0.39, 0.29) is 11.7 Å². The molecule has 1 fully saturated rings. The number of sulfonamides is 1.